The van der Waals surface area contributed by atoms with Crippen LogP contribution in [0.2, 0.25) is 0 Å². The summed E-state index contributed by atoms with van der Waals surface area (Å²) >= 11 is 8.53. The molecule has 0 aliphatic heterocycles. The van der Waals surface area contributed by atoms with E-state index < -0.39 is 0 Å². The number of amides is 2. The van der Waals surface area contributed by atoms with Crippen molar-refractivity contribution >= 4 is 68.9 Å². The molecule has 2 rings (SSSR count). The Balaban J connectivity index is 0.00000450. The molecule has 0 saturated carbocycles. The molecule has 162 valence electrons. The van der Waals surface area contributed by atoms with E-state index in [0.717, 1.165) is 35.2 Å². The second kappa shape index (κ2) is 13.3. The van der Waals surface area contributed by atoms with Crippen LogP contribution in [-0.2, 0) is 4.79 Å². The highest BCUT2D eigenvalue weighted by molar-refractivity contribution is 9.10. The van der Waals surface area contributed by atoms with Gasteiger partial charge in [-0.3, -0.25) is 14.9 Å². The Labute approximate surface area is 197 Å². The summed E-state index contributed by atoms with van der Waals surface area (Å²) in [6.45, 7) is 0.978. The van der Waals surface area contributed by atoms with Crippen LogP contribution in [-0.4, -0.2) is 42.5 Å². The van der Waals surface area contributed by atoms with Crippen molar-refractivity contribution in [3.05, 3.63) is 58.6 Å². The van der Waals surface area contributed by atoms with Gasteiger partial charge in [-0.1, -0.05) is 15.9 Å². The van der Waals surface area contributed by atoms with Gasteiger partial charge in [-0.2, -0.15) is 0 Å². The number of unbranched alkanes of at least 4 members (excludes halogenated alkanes) is 1. The number of thiocarbonyl (C=S) groups is 1. The van der Waals surface area contributed by atoms with Gasteiger partial charge in [0.05, 0.1) is 0 Å². The summed E-state index contributed by atoms with van der Waals surface area (Å²) < 4.78 is 0.899. The number of nitrogens with one attached hydrogen (secondary N) is 3. The lowest BCUT2D eigenvalue weighted by Crippen LogP contribution is -2.34. The van der Waals surface area contributed by atoms with Crippen molar-refractivity contribution in [1.29, 1.82) is 0 Å². The van der Waals surface area contributed by atoms with E-state index in [1.54, 1.807) is 48.5 Å². The summed E-state index contributed by atoms with van der Waals surface area (Å²) in [4.78, 5) is 26.3. The molecule has 0 heterocycles. The molecule has 6 nitrogen and oxygen atoms in total. The molecule has 0 atom stereocenters. The van der Waals surface area contributed by atoms with Crippen molar-refractivity contribution in [2.75, 3.05) is 31.3 Å². The summed E-state index contributed by atoms with van der Waals surface area (Å²) in [6.07, 6.45) is 2.35. The first-order chi connectivity index (χ1) is 13.8. The molecule has 30 heavy (non-hydrogen) atoms. The first-order valence-electron chi connectivity index (χ1n) is 9.26. The van der Waals surface area contributed by atoms with Crippen LogP contribution in [0.25, 0.3) is 0 Å². The maximum atomic E-state index is 12.2. The molecule has 0 aliphatic carbocycles. The Bertz CT molecular complexity index is 845. The van der Waals surface area contributed by atoms with Crippen LogP contribution in [0.1, 0.15) is 29.6 Å². The van der Waals surface area contributed by atoms with Crippen molar-refractivity contribution in [2.45, 2.75) is 19.3 Å². The fourth-order valence-corrected chi connectivity index (χ4v) is 2.99. The quantitative estimate of drug-likeness (QED) is 0.353. The van der Waals surface area contributed by atoms with E-state index in [4.69, 9.17) is 12.2 Å². The normalized spacial score (nSPS) is 10.1. The third kappa shape index (κ3) is 9.67. The minimum absolute atomic E-state index is 0. The number of rotatable bonds is 8. The van der Waals surface area contributed by atoms with Gasteiger partial charge in [-0.05, 0) is 94.2 Å². The van der Waals surface area contributed by atoms with Crippen LogP contribution < -0.4 is 16.0 Å². The minimum Gasteiger partial charge on any atom is -0.332 e. The van der Waals surface area contributed by atoms with Gasteiger partial charge >= 0.3 is 0 Å². The molecule has 2 aromatic carbocycles. The van der Waals surface area contributed by atoms with E-state index in [-0.39, 0.29) is 29.3 Å². The average molecular weight is 514 g/mol. The number of benzene rings is 2. The molecule has 0 bridgehead atoms. The lowest BCUT2D eigenvalue weighted by atomic mass is 10.2. The van der Waals surface area contributed by atoms with Gasteiger partial charge in [0.1, 0.15) is 0 Å². The summed E-state index contributed by atoms with van der Waals surface area (Å²) in [7, 11) is 4.04. The highest BCUT2D eigenvalue weighted by atomic mass is 79.9. The zero-order valence-corrected chi connectivity index (χ0v) is 20.1. The molecule has 9 heteroatoms. The number of carbonyl (C=O) groups is 2. The van der Waals surface area contributed by atoms with Crippen LogP contribution in [0.3, 0.4) is 0 Å². The molecular weight excluding hydrogens is 488 g/mol. The SMILES string of the molecule is CN(C)CCCCC(=O)Nc1ccc(NC(=S)NC(=O)c2ccc(Br)cc2)cc1.Cl. The molecule has 0 saturated heterocycles. The number of anilines is 2. The fourth-order valence-electron chi connectivity index (χ4n) is 2.51. The number of nitrogens with zero attached hydrogens (tertiary/aromatic N) is 1. The number of halogens is 2. The third-order valence-electron chi connectivity index (χ3n) is 4.02. The van der Waals surface area contributed by atoms with Gasteiger partial charge in [0, 0.05) is 27.8 Å². The second-order valence-corrected chi connectivity index (χ2v) is 8.12. The van der Waals surface area contributed by atoms with Gasteiger partial charge in [0.2, 0.25) is 5.91 Å². The van der Waals surface area contributed by atoms with E-state index in [1.807, 2.05) is 14.1 Å². The average Bonchev–Trinajstić information content (AvgIpc) is 2.67. The highest BCUT2D eigenvalue weighted by Gasteiger charge is 2.08. The van der Waals surface area contributed by atoms with Crippen LogP contribution in [0.4, 0.5) is 11.4 Å². The van der Waals surface area contributed by atoms with Crippen LogP contribution in [0.5, 0.6) is 0 Å². The zero-order chi connectivity index (χ0) is 21.2. The molecular formula is C21H26BrClN4O2S. The van der Waals surface area contributed by atoms with E-state index in [2.05, 4.69) is 36.8 Å². The molecule has 2 aromatic rings. The van der Waals surface area contributed by atoms with Crippen LogP contribution in [0, 0.1) is 0 Å². The third-order valence-corrected chi connectivity index (χ3v) is 4.75. The Hall–Kier alpha value is -2.00. The van der Waals surface area contributed by atoms with Gasteiger partial charge in [-0.25, -0.2) is 0 Å². The van der Waals surface area contributed by atoms with Crippen molar-refractivity contribution in [2.24, 2.45) is 0 Å². The first-order valence-corrected chi connectivity index (χ1v) is 10.5. The predicted octanol–water partition coefficient (Wildman–Crippen LogP) is 4.67. The summed E-state index contributed by atoms with van der Waals surface area (Å²) in [5.74, 6) is -0.283. The molecule has 0 aromatic heterocycles. The van der Waals surface area contributed by atoms with Crippen molar-refractivity contribution < 1.29 is 9.59 Å². The van der Waals surface area contributed by atoms with E-state index in [0.29, 0.717) is 12.0 Å². The molecule has 2 amide bonds. The van der Waals surface area contributed by atoms with Gasteiger partial charge < -0.3 is 15.5 Å². The fraction of sp³-hybridized carbons (Fsp3) is 0.286. The van der Waals surface area contributed by atoms with Crippen LogP contribution in [0.15, 0.2) is 53.0 Å². The standard InChI is InChI=1S/C21H25BrN4O2S.ClH/c1-26(2)14-4-3-5-19(27)23-17-10-12-18(13-11-17)24-21(29)25-20(28)15-6-8-16(22)9-7-15;/h6-13H,3-5,14H2,1-2H3,(H,23,27)(H2,24,25,28,29);1H. The van der Waals surface area contributed by atoms with Gasteiger partial charge in [0.25, 0.3) is 5.91 Å². The summed E-state index contributed by atoms with van der Waals surface area (Å²) in [6, 6.07) is 14.2. The zero-order valence-electron chi connectivity index (χ0n) is 16.9. The second-order valence-electron chi connectivity index (χ2n) is 6.80. The monoisotopic (exact) mass is 512 g/mol. The lowest BCUT2D eigenvalue weighted by molar-refractivity contribution is -0.116. The summed E-state index contributed by atoms with van der Waals surface area (Å²) in [5.41, 5.74) is 1.95. The van der Waals surface area contributed by atoms with Gasteiger partial charge in [0.15, 0.2) is 5.11 Å². The van der Waals surface area contributed by atoms with Crippen molar-refractivity contribution in [3.8, 4) is 0 Å². The van der Waals surface area contributed by atoms with Crippen molar-refractivity contribution in [3.63, 3.8) is 0 Å². The molecule has 0 fully saturated rings. The van der Waals surface area contributed by atoms with E-state index >= 15 is 0 Å². The number of carbonyl (C=O) groups excluding carboxylic acids is 2. The predicted molar refractivity (Wildman–Crippen MR) is 133 cm³/mol. The molecule has 3 N–H and O–H groups in total. The summed E-state index contributed by atoms with van der Waals surface area (Å²) in [5, 5.41) is 8.69. The van der Waals surface area contributed by atoms with E-state index in [1.165, 1.54) is 0 Å². The molecule has 0 unspecified atom stereocenters. The molecule has 0 radical (unpaired) electrons. The first kappa shape index (κ1) is 26.0. The lowest BCUT2D eigenvalue weighted by Gasteiger charge is -2.11. The Morgan fingerprint density at radius 2 is 1.50 bits per heavy atom. The highest BCUT2D eigenvalue weighted by Crippen LogP contribution is 2.15. The number of hydrogen-bond acceptors (Lipinski definition) is 4. The maximum Gasteiger partial charge on any atom is 0.257 e. The topological polar surface area (TPSA) is 73.5 Å². The van der Waals surface area contributed by atoms with Crippen LogP contribution >= 0.6 is 40.6 Å². The van der Waals surface area contributed by atoms with Crippen molar-refractivity contribution in [1.82, 2.24) is 10.2 Å². The maximum absolute atomic E-state index is 12.2. The largest absolute Gasteiger partial charge is 0.332 e. The smallest absolute Gasteiger partial charge is 0.257 e. The number of hydrogen-bond donors (Lipinski definition) is 3. The van der Waals surface area contributed by atoms with Gasteiger partial charge in [-0.15, -0.1) is 12.4 Å². The Kier molecular flexibility index (Phi) is 11.6. The molecule has 0 aliphatic rings. The van der Waals surface area contributed by atoms with E-state index in [9.17, 15) is 9.59 Å². The minimum atomic E-state index is -0.284. The molecule has 0 spiro atoms. The Morgan fingerprint density at radius 1 is 0.933 bits per heavy atom. The Morgan fingerprint density at radius 3 is 2.07 bits per heavy atom.